The van der Waals surface area contributed by atoms with E-state index in [1.807, 2.05) is 19.9 Å². The first-order chi connectivity index (χ1) is 7.97. The molecule has 0 spiro atoms. The lowest BCUT2D eigenvalue weighted by Gasteiger charge is -2.11. The minimum Gasteiger partial charge on any atom is -0.384 e. The summed E-state index contributed by atoms with van der Waals surface area (Å²) in [7, 11) is 0. The Kier molecular flexibility index (Phi) is 3.66. The Morgan fingerprint density at radius 2 is 1.94 bits per heavy atom. The number of hydrogen-bond acceptors (Lipinski definition) is 2. The lowest BCUT2D eigenvalue weighted by molar-refractivity contribution is 0.219. The number of aliphatic hydroxyl groups is 1. The van der Waals surface area contributed by atoms with Crippen molar-refractivity contribution in [2.45, 2.75) is 20.0 Å². The number of aliphatic hydroxyl groups excluding tert-OH is 1. The van der Waals surface area contributed by atoms with Crippen molar-refractivity contribution in [3.8, 4) is 0 Å². The smallest absolute Gasteiger partial charge is 0.123 e. The zero-order valence-corrected chi connectivity index (χ0v) is 11.9. The average molecular weight is 315 g/mol. The van der Waals surface area contributed by atoms with E-state index in [0.717, 1.165) is 19.8 Å². The van der Waals surface area contributed by atoms with Gasteiger partial charge in [0.25, 0.3) is 0 Å². The normalized spacial score (nSPS) is 12.8. The van der Waals surface area contributed by atoms with Gasteiger partial charge >= 0.3 is 0 Å². The second-order valence-electron chi connectivity index (χ2n) is 4.03. The highest BCUT2D eigenvalue weighted by atomic mass is 79.9. The lowest BCUT2D eigenvalue weighted by Crippen LogP contribution is -2.00. The predicted octanol–water partition coefficient (Wildman–Crippen LogP) is 4.35. The van der Waals surface area contributed by atoms with Gasteiger partial charge in [0.2, 0.25) is 0 Å². The summed E-state index contributed by atoms with van der Waals surface area (Å²) in [5.41, 5.74) is 2.23. The quantitative estimate of drug-likeness (QED) is 0.873. The molecule has 1 aromatic carbocycles. The van der Waals surface area contributed by atoms with Crippen LogP contribution in [-0.2, 0) is 0 Å². The number of thiophene rings is 1. The number of halogens is 2. The molecule has 0 aliphatic heterocycles. The van der Waals surface area contributed by atoms with Crippen molar-refractivity contribution in [2.24, 2.45) is 0 Å². The van der Waals surface area contributed by atoms with Crippen LogP contribution < -0.4 is 0 Å². The molecule has 2 aromatic rings. The van der Waals surface area contributed by atoms with Gasteiger partial charge in [0.1, 0.15) is 11.9 Å². The minimum atomic E-state index is -0.771. The Morgan fingerprint density at radius 1 is 1.24 bits per heavy atom. The Bertz CT molecular complexity index is 530. The molecule has 1 N–H and O–H groups in total. The van der Waals surface area contributed by atoms with E-state index >= 15 is 0 Å². The predicted molar refractivity (Wildman–Crippen MR) is 72.0 cm³/mol. The van der Waals surface area contributed by atoms with Crippen LogP contribution in [0, 0.1) is 19.7 Å². The van der Waals surface area contributed by atoms with Crippen LogP contribution in [0.5, 0.6) is 0 Å². The fraction of sp³-hybridized carbons (Fsp3) is 0.231. The Hall–Kier alpha value is -0.710. The molecule has 0 fully saturated rings. The monoisotopic (exact) mass is 314 g/mol. The Labute approximate surface area is 112 Å². The van der Waals surface area contributed by atoms with Gasteiger partial charge in [-0.3, -0.25) is 0 Å². The summed E-state index contributed by atoms with van der Waals surface area (Å²) >= 11 is 4.95. The maximum Gasteiger partial charge on any atom is 0.123 e. The van der Waals surface area contributed by atoms with E-state index in [4.69, 9.17) is 0 Å². The van der Waals surface area contributed by atoms with Gasteiger partial charge in [0, 0.05) is 4.88 Å². The fourth-order valence-corrected chi connectivity index (χ4v) is 3.57. The van der Waals surface area contributed by atoms with E-state index in [1.54, 1.807) is 17.4 Å². The molecule has 0 radical (unpaired) electrons. The van der Waals surface area contributed by atoms with Crippen LogP contribution in [0.2, 0.25) is 0 Å². The molecule has 2 rings (SSSR count). The second-order valence-corrected chi connectivity index (χ2v) is 6.66. The molecular formula is C13H12BrFOS. The molecule has 1 atom stereocenters. The molecule has 1 unspecified atom stereocenters. The summed E-state index contributed by atoms with van der Waals surface area (Å²) in [4.78, 5) is 1.03. The first-order valence-corrected chi connectivity index (χ1v) is 6.79. The molecule has 1 aromatic heterocycles. The minimum absolute atomic E-state index is 0.314. The van der Waals surface area contributed by atoms with Crippen molar-refractivity contribution in [2.75, 3.05) is 0 Å². The molecule has 0 saturated carbocycles. The highest BCUT2D eigenvalue weighted by molar-refractivity contribution is 9.11. The van der Waals surface area contributed by atoms with Gasteiger partial charge in [0.05, 0.1) is 3.79 Å². The standard InChI is InChI=1S/C13H12BrFOS/c1-7-3-9(5-10(15)4-7)13(16)11-6-12(14)17-8(11)2/h3-6,13,16H,1-2H3. The van der Waals surface area contributed by atoms with E-state index in [1.165, 1.54) is 12.1 Å². The van der Waals surface area contributed by atoms with Crippen LogP contribution in [0.25, 0.3) is 0 Å². The maximum absolute atomic E-state index is 13.3. The van der Waals surface area contributed by atoms with Crippen LogP contribution in [0.3, 0.4) is 0 Å². The number of hydrogen-bond donors (Lipinski definition) is 1. The third kappa shape index (κ3) is 2.76. The van der Waals surface area contributed by atoms with Gasteiger partial charge < -0.3 is 5.11 Å². The summed E-state index contributed by atoms with van der Waals surface area (Å²) in [5, 5.41) is 10.3. The SMILES string of the molecule is Cc1cc(F)cc(C(O)c2cc(Br)sc2C)c1. The Balaban J connectivity index is 2.43. The van der Waals surface area contributed by atoms with Crippen molar-refractivity contribution in [3.05, 3.63) is 55.4 Å². The van der Waals surface area contributed by atoms with Crippen molar-refractivity contribution >= 4 is 27.3 Å². The summed E-state index contributed by atoms with van der Waals surface area (Å²) in [6.45, 7) is 3.76. The molecule has 0 aliphatic rings. The van der Waals surface area contributed by atoms with Crippen LogP contribution in [0.15, 0.2) is 28.1 Å². The largest absolute Gasteiger partial charge is 0.384 e. The van der Waals surface area contributed by atoms with Crippen molar-refractivity contribution in [3.63, 3.8) is 0 Å². The van der Waals surface area contributed by atoms with E-state index in [9.17, 15) is 9.50 Å². The first kappa shape index (κ1) is 12.7. The van der Waals surface area contributed by atoms with Crippen molar-refractivity contribution in [1.29, 1.82) is 0 Å². The van der Waals surface area contributed by atoms with Gasteiger partial charge in [0.15, 0.2) is 0 Å². The summed E-state index contributed by atoms with van der Waals surface area (Å²) in [5.74, 6) is -0.314. The van der Waals surface area contributed by atoms with Crippen LogP contribution >= 0.6 is 27.3 Å². The van der Waals surface area contributed by atoms with Gasteiger partial charge in [-0.05, 0) is 64.7 Å². The van der Waals surface area contributed by atoms with E-state index < -0.39 is 6.10 Å². The zero-order chi connectivity index (χ0) is 12.6. The molecule has 90 valence electrons. The molecule has 1 heterocycles. The molecule has 0 amide bonds. The van der Waals surface area contributed by atoms with Gasteiger partial charge in [-0.1, -0.05) is 6.07 Å². The third-order valence-electron chi connectivity index (χ3n) is 2.60. The van der Waals surface area contributed by atoms with Crippen molar-refractivity contribution in [1.82, 2.24) is 0 Å². The average Bonchev–Trinajstić information content (AvgIpc) is 2.55. The Morgan fingerprint density at radius 3 is 2.47 bits per heavy atom. The topological polar surface area (TPSA) is 20.2 Å². The van der Waals surface area contributed by atoms with Crippen LogP contribution in [0.1, 0.15) is 27.7 Å². The first-order valence-electron chi connectivity index (χ1n) is 5.18. The van der Waals surface area contributed by atoms with E-state index in [0.29, 0.717) is 5.56 Å². The molecule has 4 heteroatoms. The number of benzene rings is 1. The lowest BCUT2D eigenvalue weighted by atomic mass is 10.0. The summed E-state index contributed by atoms with van der Waals surface area (Å²) in [6, 6.07) is 6.51. The second kappa shape index (κ2) is 4.88. The van der Waals surface area contributed by atoms with Gasteiger partial charge in [-0.15, -0.1) is 11.3 Å². The van der Waals surface area contributed by atoms with Gasteiger partial charge in [-0.25, -0.2) is 4.39 Å². The highest BCUT2D eigenvalue weighted by Crippen LogP contribution is 2.33. The van der Waals surface area contributed by atoms with Crippen LogP contribution in [-0.4, -0.2) is 5.11 Å². The number of rotatable bonds is 2. The molecule has 0 aliphatic carbocycles. The molecule has 0 saturated heterocycles. The maximum atomic E-state index is 13.3. The summed E-state index contributed by atoms with van der Waals surface area (Å²) < 4.78 is 14.3. The van der Waals surface area contributed by atoms with E-state index in [-0.39, 0.29) is 5.82 Å². The number of aryl methyl sites for hydroxylation is 2. The third-order valence-corrected chi connectivity index (χ3v) is 4.17. The highest BCUT2D eigenvalue weighted by Gasteiger charge is 2.16. The van der Waals surface area contributed by atoms with Gasteiger partial charge in [-0.2, -0.15) is 0 Å². The molecule has 1 nitrogen and oxygen atoms in total. The fourth-order valence-electron chi connectivity index (χ4n) is 1.83. The summed E-state index contributed by atoms with van der Waals surface area (Å²) in [6.07, 6.45) is -0.771. The molecular weight excluding hydrogens is 303 g/mol. The van der Waals surface area contributed by atoms with Crippen LogP contribution in [0.4, 0.5) is 4.39 Å². The molecule has 17 heavy (non-hydrogen) atoms. The van der Waals surface area contributed by atoms with E-state index in [2.05, 4.69) is 15.9 Å². The van der Waals surface area contributed by atoms with Crippen molar-refractivity contribution < 1.29 is 9.50 Å². The zero-order valence-electron chi connectivity index (χ0n) is 9.50. The molecule has 0 bridgehead atoms.